The van der Waals surface area contributed by atoms with Crippen LogP contribution in [0.15, 0.2) is 6.07 Å². The number of likely N-dealkylation sites (tertiary alicyclic amines) is 1. The molecule has 0 spiro atoms. The second-order valence-electron chi connectivity index (χ2n) is 9.73. The first-order valence-electron chi connectivity index (χ1n) is 12.4. The van der Waals surface area contributed by atoms with E-state index in [1.807, 2.05) is 0 Å². The van der Waals surface area contributed by atoms with Gasteiger partial charge < -0.3 is 15.1 Å². The Morgan fingerprint density at radius 2 is 1.88 bits per heavy atom. The van der Waals surface area contributed by atoms with E-state index in [1.165, 1.54) is 12.0 Å². The molecule has 1 aliphatic carbocycles. The standard InChI is InChI=1S/C24H35N7O/c1-16(2)19-15-21(29-28-19)26-22-17-9-4-5-10-18(17)25-24(27-22)31-14-8-11-20(31)23(32)30-12-6-3-7-13-30/h15-16,20H,3-14H2,1-2H3,(H2,25,26,27,28,29). The summed E-state index contributed by atoms with van der Waals surface area (Å²) in [7, 11) is 0. The van der Waals surface area contributed by atoms with E-state index in [0.717, 1.165) is 94.0 Å². The van der Waals surface area contributed by atoms with Gasteiger partial charge in [-0.05, 0) is 63.7 Å². The molecule has 1 unspecified atom stereocenters. The third-order valence-corrected chi connectivity index (χ3v) is 7.10. The van der Waals surface area contributed by atoms with Crippen molar-refractivity contribution in [2.45, 2.75) is 83.6 Å². The van der Waals surface area contributed by atoms with Gasteiger partial charge in [0.25, 0.3) is 0 Å². The quantitative estimate of drug-likeness (QED) is 0.737. The van der Waals surface area contributed by atoms with Gasteiger partial charge in [0.15, 0.2) is 5.82 Å². The van der Waals surface area contributed by atoms with Crippen molar-refractivity contribution in [1.29, 1.82) is 0 Å². The molecule has 5 rings (SSSR count). The van der Waals surface area contributed by atoms with E-state index in [0.29, 0.717) is 11.9 Å². The fraction of sp³-hybridized carbons (Fsp3) is 0.667. The maximum absolute atomic E-state index is 13.3. The maximum atomic E-state index is 13.3. The Kier molecular flexibility index (Phi) is 6.02. The molecule has 2 aromatic rings. The first-order chi connectivity index (χ1) is 15.6. The van der Waals surface area contributed by atoms with E-state index >= 15 is 0 Å². The average Bonchev–Trinajstić information content (AvgIpc) is 3.49. The number of piperidine rings is 1. The topological polar surface area (TPSA) is 90.0 Å². The minimum atomic E-state index is -0.138. The Morgan fingerprint density at radius 1 is 1.06 bits per heavy atom. The maximum Gasteiger partial charge on any atom is 0.245 e. The van der Waals surface area contributed by atoms with Gasteiger partial charge in [-0.15, -0.1) is 0 Å². The van der Waals surface area contributed by atoms with Gasteiger partial charge in [-0.2, -0.15) is 10.1 Å². The van der Waals surface area contributed by atoms with Crippen LogP contribution in [-0.4, -0.2) is 56.6 Å². The highest BCUT2D eigenvalue weighted by atomic mass is 16.2. The number of anilines is 3. The molecule has 1 atom stereocenters. The van der Waals surface area contributed by atoms with Gasteiger partial charge in [0.1, 0.15) is 11.9 Å². The number of nitrogens with zero attached hydrogens (tertiary/aromatic N) is 5. The molecule has 2 aliphatic heterocycles. The molecular weight excluding hydrogens is 402 g/mol. The van der Waals surface area contributed by atoms with Crippen LogP contribution in [0, 0.1) is 0 Å². The fourth-order valence-corrected chi connectivity index (χ4v) is 5.22. The summed E-state index contributed by atoms with van der Waals surface area (Å²) in [6.45, 7) is 6.91. The number of rotatable bonds is 5. The summed E-state index contributed by atoms with van der Waals surface area (Å²) in [5, 5.41) is 11.0. The van der Waals surface area contributed by atoms with Crippen molar-refractivity contribution in [3.8, 4) is 0 Å². The van der Waals surface area contributed by atoms with E-state index < -0.39 is 0 Å². The molecular formula is C24H35N7O. The number of H-pyrrole nitrogens is 1. The van der Waals surface area contributed by atoms with E-state index in [9.17, 15) is 4.79 Å². The van der Waals surface area contributed by atoms with Crippen LogP contribution in [0.5, 0.6) is 0 Å². The molecule has 3 aliphatic rings. The Balaban J connectivity index is 1.44. The van der Waals surface area contributed by atoms with Crippen LogP contribution in [0.4, 0.5) is 17.6 Å². The van der Waals surface area contributed by atoms with Crippen LogP contribution in [0.3, 0.4) is 0 Å². The number of nitrogens with one attached hydrogen (secondary N) is 2. The van der Waals surface area contributed by atoms with Crippen molar-refractivity contribution in [3.05, 3.63) is 23.0 Å². The van der Waals surface area contributed by atoms with Crippen molar-refractivity contribution in [3.63, 3.8) is 0 Å². The molecule has 32 heavy (non-hydrogen) atoms. The van der Waals surface area contributed by atoms with Gasteiger partial charge in [-0.1, -0.05) is 13.8 Å². The molecule has 0 saturated carbocycles. The highest BCUT2D eigenvalue weighted by Crippen LogP contribution is 2.32. The molecule has 2 saturated heterocycles. The molecule has 172 valence electrons. The van der Waals surface area contributed by atoms with Gasteiger partial charge >= 0.3 is 0 Å². The van der Waals surface area contributed by atoms with Crippen molar-refractivity contribution in [2.75, 3.05) is 29.9 Å². The lowest BCUT2D eigenvalue weighted by molar-refractivity contribution is -0.133. The summed E-state index contributed by atoms with van der Waals surface area (Å²) < 4.78 is 0. The summed E-state index contributed by atoms with van der Waals surface area (Å²) in [5.41, 5.74) is 3.43. The monoisotopic (exact) mass is 437 g/mol. The second kappa shape index (κ2) is 9.08. The Hall–Kier alpha value is -2.64. The van der Waals surface area contributed by atoms with E-state index in [4.69, 9.17) is 9.97 Å². The number of aromatic nitrogens is 4. The zero-order valence-corrected chi connectivity index (χ0v) is 19.4. The number of amides is 1. The van der Waals surface area contributed by atoms with Gasteiger partial charge in [0, 0.05) is 37.0 Å². The normalized spacial score (nSPS) is 21.2. The molecule has 1 amide bonds. The lowest BCUT2D eigenvalue weighted by atomic mass is 9.96. The van der Waals surface area contributed by atoms with Crippen molar-refractivity contribution in [2.24, 2.45) is 0 Å². The van der Waals surface area contributed by atoms with Crippen molar-refractivity contribution < 1.29 is 4.79 Å². The van der Waals surface area contributed by atoms with Crippen LogP contribution in [0.1, 0.15) is 81.7 Å². The first-order valence-corrected chi connectivity index (χ1v) is 12.4. The number of hydrogen-bond donors (Lipinski definition) is 2. The minimum absolute atomic E-state index is 0.138. The third-order valence-electron chi connectivity index (χ3n) is 7.10. The third kappa shape index (κ3) is 4.19. The SMILES string of the molecule is CC(C)c1cc(Nc2nc(N3CCCC3C(=O)N3CCCCC3)nc3c2CCCC3)n[nH]1. The Morgan fingerprint density at radius 3 is 2.66 bits per heavy atom. The van der Waals surface area contributed by atoms with Crippen molar-refractivity contribution in [1.82, 2.24) is 25.1 Å². The molecule has 2 aromatic heterocycles. The average molecular weight is 438 g/mol. The summed E-state index contributed by atoms with van der Waals surface area (Å²) >= 11 is 0. The van der Waals surface area contributed by atoms with Crippen LogP contribution in [0.25, 0.3) is 0 Å². The number of fused-ring (bicyclic) bond motifs is 1. The minimum Gasteiger partial charge on any atom is -0.341 e. The van der Waals surface area contributed by atoms with Crippen molar-refractivity contribution >= 4 is 23.5 Å². The van der Waals surface area contributed by atoms with Crippen LogP contribution < -0.4 is 10.2 Å². The number of aryl methyl sites for hydroxylation is 1. The first kappa shape index (κ1) is 21.2. The number of carbonyl (C=O) groups is 1. The second-order valence-corrected chi connectivity index (χ2v) is 9.73. The molecule has 0 aromatic carbocycles. The zero-order valence-electron chi connectivity index (χ0n) is 19.4. The lowest BCUT2D eigenvalue weighted by Crippen LogP contribution is -2.48. The lowest BCUT2D eigenvalue weighted by Gasteiger charge is -2.33. The predicted octanol–water partition coefficient (Wildman–Crippen LogP) is 3.93. The Bertz CT molecular complexity index is 963. The summed E-state index contributed by atoms with van der Waals surface area (Å²) in [5.74, 6) is 2.97. The highest BCUT2D eigenvalue weighted by molar-refractivity contribution is 5.85. The van der Waals surface area contributed by atoms with Gasteiger partial charge in [0.2, 0.25) is 11.9 Å². The number of hydrogen-bond acceptors (Lipinski definition) is 6. The molecule has 0 radical (unpaired) electrons. The molecule has 4 heterocycles. The summed E-state index contributed by atoms with van der Waals surface area (Å²) in [6.07, 6.45) is 9.60. The number of carbonyl (C=O) groups excluding carboxylic acids is 1. The fourth-order valence-electron chi connectivity index (χ4n) is 5.22. The summed E-state index contributed by atoms with van der Waals surface area (Å²) in [6, 6.07) is 1.92. The number of aromatic amines is 1. The summed E-state index contributed by atoms with van der Waals surface area (Å²) in [4.78, 5) is 27.5. The highest BCUT2D eigenvalue weighted by Gasteiger charge is 2.36. The van der Waals surface area contributed by atoms with Gasteiger partial charge in [0.05, 0.1) is 5.69 Å². The zero-order chi connectivity index (χ0) is 22.1. The van der Waals surface area contributed by atoms with E-state index in [1.54, 1.807) is 0 Å². The predicted molar refractivity (Wildman–Crippen MR) is 125 cm³/mol. The van der Waals surface area contributed by atoms with Crippen LogP contribution in [0.2, 0.25) is 0 Å². The van der Waals surface area contributed by atoms with E-state index in [-0.39, 0.29) is 11.9 Å². The molecule has 2 N–H and O–H groups in total. The molecule has 2 fully saturated rings. The molecule has 8 nitrogen and oxygen atoms in total. The Labute approximate surface area is 190 Å². The molecule has 0 bridgehead atoms. The van der Waals surface area contributed by atoms with Crippen LogP contribution >= 0.6 is 0 Å². The van der Waals surface area contributed by atoms with E-state index in [2.05, 4.69) is 45.2 Å². The van der Waals surface area contributed by atoms with Crippen LogP contribution in [-0.2, 0) is 17.6 Å². The smallest absolute Gasteiger partial charge is 0.245 e. The van der Waals surface area contributed by atoms with Gasteiger partial charge in [-0.3, -0.25) is 9.89 Å². The largest absolute Gasteiger partial charge is 0.341 e. The molecule has 8 heteroatoms. The van der Waals surface area contributed by atoms with Gasteiger partial charge in [-0.25, -0.2) is 4.98 Å².